The topological polar surface area (TPSA) is 89.7 Å². The molecule has 1 saturated heterocycles. The standard InChI is InChI=1S/C24H34N2O5S/c1-19-23(25-24(31-19)20-10-9-12-22(16-20)30-2)18-32(28,29)17-21(27)11-5-8-15-26-13-6-3-4-7-14-26/h9-10,12,16H,3-8,11,13-15,17-18H2,1-2H3. The molecule has 8 heteroatoms. The smallest absolute Gasteiger partial charge is 0.226 e. The molecular formula is C24H34N2O5S. The summed E-state index contributed by atoms with van der Waals surface area (Å²) >= 11 is 0. The quantitative estimate of drug-likeness (QED) is 0.463. The zero-order valence-electron chi connectivity index (χ0n) is 19.1. The van der Waals surface area contributed by atoms with E-state index >= 15 is 0 Å². The number of oxazole rings is 1. The molecule has 1 fully saturated rings. The molecule has 7 nitrogen and oxygen atoms in total. The molecule has 2 heterocycles. The number of hydrogen-bond donors (Lipinski definition) is 0. The minimum atomic E-state index is -3.61. The second-order valence-electron chi connectivity index (χ2n) is 8.54. The number of ketones is 1. The van der Waals surface area contributed by atoms with Gasteiger partial charge in [-0.2, -0.15) is 0 Å². The fourth-order valence-electron chi connectivity index (χ4n) is 4.04. The molecular weight excluding hydrogens is 428 g/mol. The monoisotopic (exact) mass is 462 g/mol. The van der Waals surface area contributed by atoms with Crippen LogP contribution in [0, 0.1) is 6.92 Å². The Bertz CT molecular complexity index is 992. The largest absolute Gasteiger partial charge is 0.497 e. The first-order chi connectivity index (χ1) is 15.4. The summed E-state index contributed by atoms with van der Waals surface area (Å²) in [5, 5.41) is 0. The van der Waals surface area contributed by atoms with Crippen molar-refractivity contribution >= 4 is 15.6 Å². The number of carbonyl (C=O) groups excluding carboxylic acids is 1. The van der Waals surface area contributed by atoms with Crippen molar-refractivity contribution in [2.75, 3.05) is 32.5 Å². The highest BCUT2D eigenvalue weighted by atomic mass is 32.2. The van der Waals surface area contributed by atoms with Crippen LogP contribution in [-0.2, 0) is 20.4 Å². The maximum Gasteiger partial charge on any atom is 0.226 e. The Hall–Kier alpha value is -2.19. The van der Waals surface area contributed by atoms with Crippen LogP contribution in [0.25, 0.3) is 11.5 Å². The number of rotatable bonds is 11. The number of aryl methyl sites for hydroxylation is 1. The van der Waals surface area contributed by atoms with Crippen molar-refractivity contribution in [2.45, 2.75) is 57.6 Å². The zero-order chi connectivity index (χ0) is 23.0. The highest BCUT2D eigenvalue weighted by Crippen LogP contribution is 2.26. The van der Waals surface area contributed by atoms with Crippen LogP contribution in [0.2, 0.25) is 0 Å². The van der Waals surface area contributed by atoms with Gasteiger partial charge < -0.3 is 14.1 Å². The van der Waals surface area contributed by atoms with Gasteiger partial charge in [0.05, 0.1) is 18.6 Å². The van der Waals surface area contributed by atoms with Crippen LogP contribution in [-0.4, -0.2) is 56.6 Å². The van der Waals surface area contributed by atoms with E-state index in [2.05, 4.69) is 9.88 Å². The lowest BCUT2D eigenvalue weighted by Gasteiger charge is -2.19. The molecule has 0 radical (unpaired) electrons. The molecule has 0 saturated carbocycles. The van der Waals surface area contributed by atoms with Gasteiger partial charge in [-0.3, -0.25) is 4.79 Å². The third-order valence-electron chi connectivity index (χ3n) is 5.83. The molecule has 3 rings (SSSR count). The van der Waals surface area contributed by atoms with Crippen molar-refractivity contribution < 1.29 is 22.4 Å². The van der Waals surface area contributed by atoms with Gasteiger partial charge in [0.25, 0.3) is 0 Å². The first-order valence-electron chi connectivity index (χ1n) is 11.4. The van der Waals surface area contributed by atoms with E-state index in [1.165, 1.54) is 25.7 Å². The molecule has 2 aromatic rings. The Labute approximate surface area is 191 Å². The number of unbranched alkanes of at least 4 members (excludes halogenated alkanes) is 1. The molecule has 0 bridgehead atoms. The van der Waals surface area contributed by atoms with E-state index in [-0.39, 0.29) is 11.5 Å². The lowest BCUT2D eigenvalue weighted by Crippen LogP contribution is -2.26. The van der Waals surface area contributed by atoms with E-state index in [0.29, 0.717) is 35.1 Å². The first-order valence-corrected chi connectivity index (χ1v) is 13.2. The van der Waals surface area contributed by atoms with Crippen LogP contribution in [0.4, 0.5) is 0 Å². The van der Waals surface area contributed by atoms with Gasteiger partial charge in [-0.05, 0) is 70.4 Å². The zero-order valence-corrected chi connectivity index (χ0v) is 20.0. The van der Waals surface area contributed by atoms with Crippen LogP contribution in [0.1, 0.15) is 56.4 Å². The summed E-state index contributed by atoms with van der Waals surface area (Å²) in [4.78, 5) is 19.1. The summed E-state index contributed by atoms with van der Waals surface area (Å²) in [7, 11) is -2.03. The van der Waals surface area contributed by atoms with Crippen molar-refractivity contribution in [1.82, 2.24) is 9.88 Å². The van der Waals surface area contributed by atoms with Gasteiger partial charge in [-0.1, -0.05) is 18.9 Å². The molecule has 32 heavy (non-hydrogen) atoms. The van der Waals surface area contributed by atoms with Crippen LogP contribution < -0.4 is 4.74 Å². The van der Waals surface area contributed by atoms with Crippen molar-refractivity contribution in [2.24, 2.45) is 0 Å². The van der Waals surface area contributed by atoms with Gasteiger partial charge in [-0.15, -0.1) is 0 Å². The summed E-state index contributed by atoms with van der Waals surface area (Å²) in [6.45, 7) is 4.95. The normalized spacial score (nSPS) is 15.4. The molecule has 1 aromatic carbocycles. The molecule has 0 N–H and O–H groups in total. The van der Waals surface area contributed by atoms with Gasteiger partial charge in [0, 0.05) is 12.0 Å². The van der Waals surface area contributed by atoms with Gasteiger partial charge in [0.1, 0.15) is 23.0 Å². The van der Waals surface area contributed by atoms with Crippen molar-refractivity contribution in [3.63, 3.8) is 0 Å². The molecule has 0 atom stereocenters. The SMILES string of the molecule is COc1cccc(-c2nc(CS(=O)(=O)CC(=O)CCCCN3CCCCCC3)c(C)o2)c1. The molecule has 1 aliphatic rings. The lowest BCUT2D eigenvalue weighted by atomic mass is 10.2. The summed E-state index contributed by atoms with van der Waals surface area (Å²) < 4.78 is 36.1. The molecule has 0 aliphatic carbocycles. The molecule has 0 spiro atoms. The van der Waals surface area contributed by atoms with E-state index in [4.69, 9.17) is 9.15 Å². The molecule has 1 aromatic heterocycles. The van der Waals surface area contributed by atoms with Crippen LogP contribution in [0.15, 0.2) is 28.7 Å². The van der Waals surface area contributed by atoms with Gasteiger partial charge >= 0.3 is 0 Å². The Morgan fingerprint density at radius 3 is 2.62 bits per heavy atom. The van der Waals surface area contributed by atoms with E-state index in [1.807, 2.05) is 18.2 Å². The fourth-order valence-corrected chi connectivity index (χ4v) is 5.46. The minimum Gasteiger partial charge on any atom is -0.497 e. The van der Waals surface area contributed by atoms with Crippen LogP contribution >= 0.6 is 0 Å². The molecule has 1 aliphatic heterocycles. The number of hydrogen-bond acceptors (Lipinski definition) is 7. The van der Waals surface area contributed by atoms with E-state index in [1.54, 1.807) is 20.1 Å². The summed E-state index contributed by atoms with van der Waals surface area (Å²) in [6.07, 6.45) is 7.07. The number of methoxy groups -OCH3 is 1. The highest BCUT2D eigenvalue weighted by molar-refractivity contribution is 7.91. The summed E-state index contributed by atoms with van der Waals surface area (Å²) in [5.74, 6) is 0.468. The average molecular weight is 463 g/mol. The number of ether oxygens (including phenoxy) is 1. The predicted octanol–water partition coefficient (Wildman–Crippen LogP) is 4.19. The second kappa shape index (κ2) is 11.6. The Balaban J connectivity index is 1.49. The number of nitrogens with zero attached hydrogens (tertiary/aromatic N) is 2. The van der Waals surface area contributed by atoms with Crippen LogP contribution in [0.5, 0.6) is 5.75 Å². The highest BCUT2D eigenvalue weighted by Gasteiger charge is 2.22. The van der Waals surface area contributed by atoms with Crippen molar-refractivity contribution in [1.29, 1.82) is 0 Å². The van der Waals surface area contributed by atoms with Gasteiger partial charge in [0.15, 0.2) is 9.84 Å². The number of likely N-dealkylation sites (tertiary alicyclic amines) is 1. The summed E-state index contributed by atoms with van der Waals surface area (Å²) in [5.41, 5.74) is 1.05. The molecule has 0 unspecified atom stereocenters. The van der Waals surface area contributed by atoms with Crippen LogP contribution in [0.3, 0.4) is 0 Å². The number of benzene rings is 1. The predicted molar refractivity (Wildman–Crippen MR) is 124 cm³/mol. The third kappa shape index (κ3) is 7.45. The van der Waals surface area contributed by atoms with E-state index in [0.717, 1.165) is 32.5 Å². The Morgan fingerprint density at radius 2 is 1.91 bits per heavy atom. The van der Waals surface area contributed by atoms with Gasteiger partial charge in [-0.25, -0.2) is 13.4 Å². The first kappa shape index (κ1) is 24.5. The number of aromatic nitrogens is 1. The number of Topliss-reactive ketones (excluding diaryl/α,β-unsaturated/α-hetero) is 1. The maximum atomic E-state index is 12.6. The number of sulfone groups is 1. The van der Waals surface area contributed by atoms with Gasteiger partial charge in [0.2, 0.25) is 5.89 Å². The van der Waals surface area contributed by atoms with Crippen molar-refractivity contribution in [3.05, 3.63) is 35.7 Å². The van der Waals surface area contributed by atoms with Crippen molar-refractivity contribution in [3.8, 4) is 17.2 Å². The average Bonchev–Trinajstić information content (AvgIpc) is 2.95. The Kier molecular flexibility index (Phi) is 8.87. The molecule has 176 valence electrons. The maximum absolute atomic E-state index is 12.6. The number of carbonyl (C=O) groups is 1. The molecule has 0 amide bonds. The van der Waals surface area contributed by atoms with E-state index < -0.39 is 15.6 Å². The summed E-state index contributed by atoms with van der Waals surface area (Å²) in [6, 6.07) is 7.22. The third-order valence-corrected chi connectivity index (χ3v) is 7.30. The lowest BCUT2D eigenvalue weighted by molar-refractivity contribution is -0.116. The van der Waals surface area contributed by atoms with E-state index in [9.17, 15) is 13.2 Å². The second-order valence-corrected chi connectivity index (χ2v) is 10.6. The minimum absolute atomic E-state index is 0.227. The Morgan fingerprint density at radius 1 is 1.16 bits per heavy atom. The fraction of sp³-hybridized carbons (Fsp3) is 0.583.